The molecule has 6 atom stereocenters. The van der Waals surface area contributed by atoms with Crippen molar-refractivity contribution < 1.29 is 46.4 Å². The summed E-state index contributed by atoms with van der Waals surface area (Å²) in [6.07, 6.45) is -4.62. The summed E-state index contributed by atoms with van der Waals surface area (Å²) in [6, 6.07) is 2.21. The number of rotatable bonds is 14. The standard InChI is InChI=1S/C35H49F3N6O6/c1-8-15-39-31(47)29(45)23(13-14-35(36,37)38)40-30(46)27-28-24(44(28,5)6)18-43(27)32(48)26(22-16-20-11-9-10-12-21(20)17-22)42-33(49)41-25(19-50-7)34(2,3)4/h8-12,22-28H,1,13-19H2,2-7H3,(H3-,39,40,41,42,46,47,49)/p+1/t23-,24?,25?,26?,27?,28+/m1/s1. The summed E-state index contributed by atoms with van der Waals surface area (Å²) in [4.78, 5) is 69.0. The van der Waals surface area contributed by atoms with Crippen LogP contribution in [0, 0.1) is 11.3 Å². The van der Waals surface area contributed by atoms with E-state index in [1.807, 2.05) is 59.1 Å². The van der Waals surface area contributed by atoms with Crippen LogP contribution < -0.4 is 21.3 Å². The highest BCUT2D eigenvalue weighted by Crippen LogP contribution is 2.46. The van der Waals surface area contributed by atoms with E-state index in [-0.39, 0.29) is 37.1 Å². The lowest BCUT2D eigenvalue weighted by Crippen LogP contribution is -2.62. The molecular weight excluding hydrogens is 657 g/mol. The predicted molar refractivity (Wildman–Crippen MR) is 179 cm³/mol. The minimum atomic E-state index is -4.65. The fourth-order valence-electron chi connectivity index (χ4n) is 7.25. The number of alkyl halides is 3. The minimum absolute atomic E-state index is 0.0974. The van der Waals surface area contributed by atoms with Crippen molar-refractivity contribution in [3.63, 3.8) is 0 Å². The Hall–Kier alpha value is -3.98. The van der Waals surface area contributed by atoms with E-state index in [4.69, 9.17) is 4.74 Å². The Balaban J connectivity index is 1.62. The molecule has 2 saturated heterocycles. The number of carbonyl (C=O) groups is 5. The number of urea groups is 1. The SMILES string of the molecule is C=CCNC(=O)C(=O)[C@@H](CCC(F)(F)F)NC(=O)C1[C@@H]2C(CN1C(=O)C(NC(=O)NC(COC)C(C)(C)C)C1Cc3ccccc3C1)[N+]2(C)C. The molecule has 50 heavy (non-hydrogen) atoms. The lowest BCUT2D eigenvalue weighted by Gasteiger charge is -2.35. The number of hydrogen-bond acceptors (Lipinski definition) is 6. The molecule has 0 bridgehead atoms. The van der Waals surface area contributed by atoms with Crippen molar-refractivity contribution in [2.24, 2.45) is 11.3 Å². The predicted octanol–water partition coefficient (Wildman–Crippen LogP) is 1.87. The van der Waals surface area contributed by atoms with Crippen LogP contribution in [-0.2, 0) is 36.8 Å². The van der Waals surface area contributed by atoms with Gasteiger partial charge in [0.1, 0.15) is 6.04 Å². The van der Waals surface area contributed by atoms with Crippen molar-refractivity contribution in [2.75, 3.05) is 40.9 Å². The summed E-state index contributed by atoms with van der Waals surface area (Å²) in [5.74, 6) is -4.08. The van der Waals surface area contributed by atoms with E-state index in [0.29, 0.717) is 17.3 Å². The Bertz CT molecular complexity index is 1450. The summed E-state index contributed by atoms with van der Waals surface area (Å²) in [6.45, 7) is 9.57. The van der Waals surface area contributed by atoms with E-state index in [0.717, 1.165) is 11.1 Å². The highest BCUT2D eigenvalue weighted by molar-refractivity contribution is 6.38. The molecule has 0 radical (unpaired) electrons. The third-order valence-electron chi connectivity index (χ3n) is 10.3. The molecule has 2 heterocycles. The molecule has 4 unspecified atom stereocenters. The van der Waals surface area contributed by atoms with Gasteiger partial charge in [-0.15, -0.1) is 6.58 Å². The monoisotopic (exact) mass is 707 g/mol. The number of nitrogens with zero attached hydrogens (tertiary/aromatic N) is 2. The first-order valence-electron chi connectivity index (χ1n) is 16.9. The summed E-state index contributed by atoms with van der Waals surface area (Å²) < 4.78 is 45.4. The van der Waals surface area contributed by atoms with Crippen LogP contribution in [0.1, 0.15) is 44.7 Å². The van der Waals surface area contributed by atoms with Gasteiger partial charge in [-0.05, 0) is 41.7 Å². The Morgan fingerprint density at radius 3 is 2.20 bits per heavy atom. The Kier molecular flexibility index (Phi) is 11.7. The van der Waals surface area contributed by atoms with Gasteiger partial charge in [0.05, 0.1) is 39.3 Å². The molecule has 4 N–H and O–H groups in total. The molecule has 1 aromatic carbocycles. The number of methoxy groups -OCH3 is 1. The molecule has 12 nitrogen and oxygen atoms in total. The lowest BCUT2D eigenvalue weighted by molar-refractivity contribution is -0.788. The van der Waals surface area contributed by atoms with Gasteiger partial charge in [-0.1, -0.05) is 51.1 Å². The van der Waals surface area contributed by atoms with Crippen molar-refractivity contribution in [1.29, 1.82) is 0 Å². The Morgan fingerprint density at radius 2 is 1.66 bits per heavy atom. The number of ether oxygens (including phenoxy) is 1. The molecule has 2 aliphatic heterocycles. The van der Waals surface area contributed by atoms with E-state index >= 15 is 0 Å². The van der Waals surface area contributed by atoms with E-state index in [1.165, 1.54) is 18.1 Å². The number of ketones is 1. The zero-order valence-corrected chi connectivity index (χ0v) is 29.6. The van der Waals surface area contributed by atoms with Crippen molar-refractivity contribution in [3.8, 4) is 0 Å². The molecule has 0 spiro atoms. The third-order valence-corrected chi connectivity index (χ3v) is 10.3. The number of carbonyl (C=O) groups excluding carboxylic acids is 5. The number of likely N-dealkylation sites (tertiary alicyclic amines) is 1. The number of fused-ring (bicyclic) bond motifs is 2. The first-order chi connectivity index (χ1) is 23.3. The molecule has 0 aromatic heterocycles. The van der Waals surface area contributed by atoms with E-state index < -0.39 is 78.8 Å². The van der Waals surface area contributed by atoms with E-state index in [9.17, 15) is 37.1 Å². The van der Waals surface area contributed by atoms with Gasteiger partial charge in [-0.2, -0.15) is 13.2 Å². The average Bonchev–Trinajstić information content (AvgIpc) is 3.40. The quantitative estimate of drug-likeness (QED) is 0.101. The lowest BCUT2D eigenvalue weighted by atomic mass is 9.87. The van der Waals surface area contributed by atoms with Crippen molar-refractivity contribution in [2.45, 2.75) is 88.9 Å². The number of likely N-dealkylation sites (N-methyl/N-ethyl adjacent to an activating group) is 1. The molecule has 1 aromatic rings. The topological polar surface area (TPSA) is 146 Å². The van der Waals surface area contributed by atoms with Gasteiger partial charge < -0.3 is 35.4 Å². The van der Waals surface area contributed by atoms with Crippen LogP contribution in [0.3, 0.4) is 0 Å². The summed E-state index contributed by atoms with van der Waals surface area (Å²) in [5, 5.41) is 10.5. The minimum Gasteiger partial charge on any atom is -0.383 e. The van der Waals surface area contributed by atoms with Crippen LogP contribution in [-0.4, -0.2) is 122 Å². The van der Waals surface area contributed by atoms with Crippen LogP contribution in [0.25, 0.3) is 0 Å². The van der Waals surface area contributed by atoms with Crippen LogP contribution >= 0.6 is 0 Å². The normalized spacial score (nSPS) is 22.7. The second-order valence-corrected chi connectivity index (χ2v) is 15.1. The smallest absolute Gasteiger partial charge is 0.383 e. The number of amides is 5. The maximum Gasteiger partial charge on any atom is 0.389 e. The van der Waals surface area contributed by atoms with Gasteiger partial charge in [0.25, 0.3) is 5.91 Å². The Labute approximate surface area is 291 Å². The number of quaternary nitrogens is 1. The zero-order valence-electron chi connectivity index (χ0n) is 29.6. The van der Waals surface area contributed by atoms with Crippen LogP contribution in [0.5, 0.6) is 0 Å². The average molecular weight is 708 g/mol. The second kappa shape index (κ2) is 15.1. The molecular formula is C35H50F3N6O6+. The van der Waals surface area contributed by atoms with Crippen molar-refractivity contribution >= 4 is 29.5 Å². The number of benzene rings is 1. The fourth-order valence-corrected chi connectivity index (χ4v) is 7.25. The molecule has 2 fully saturated rings. The van der Waals surface area contributed by atoms with E-state index in [1.54, 1.807) is 0 Å². The largest absolute Gasteiger partial charge is 0.389 e. The Morgan fingerprint density at radius 1 is 1.04 bits per heavy atom. The number of nitrogens with one attached hydrogen (secondary N) is 4. The molecule has 5 amide bonds. The van der Waals surface area contributed by atoms with Gasteiger partial charge >= 0.3 is 12.2 Å². The molecule has 3 aliphatic rings. The molecule has 276 valence electrons. The molecule has 0 saturated carbocycles. The first-order valence-corrected chi connectivity index (χ1v) is 16.9. The van der Waals surface area contributed by atoms with Crippen molar-refractivity contribution in [1.82, 2.24) is 26.2 Å². The van der Waals surface area contributed by atoms with Gasteiger partial charge in [0, 0.05) is 20.1 Å². The molecule has 1 aliphatic carbocycles. The third kappa shape index (κ3) is 8.84. The van der Waals surface area contributed by atoms with Gasteiger partial charge in [-0.3, -0.25) is 19.2 Å². The highest BCUT2D eigenvalue weighted by atomic mass is 19.4. The van der Waals surface area contributed by atoms with Crippen LogP contribution in [0.2, 0.25) is 0 Å². The molecule has 15 heteroatoms. The second-order valence-electron chi connectivity index (χ2n) is 15.1. The summed E-state index contributed by atoms with van der Waals surface area (Å²) >= 11 is 0. The maximum absolute atomic E-state index is 14.6. The maximum atomic E-state index is 14.6. The highest BCUT2D eigenvalue weighted by Gasteiger charge is 2.73. The van der Waals surface area contributed by atoms with E-state index in [2.05, 4.69) is 27.8 Å². The van der Waals surface area contributed by atoms with Crippen molar-refractivity contribution in [3.05, 3.63) is 48.0 Å². The summed E-state index contributed by atoms with van der Waals surface area (Å²) in [5.41, 5.74) is 1.71. The molecule has 4 rings (SSSR count). The van der Waals surface area contributed by atoms with Crippen LogP contribution in [0.4, 0.5) is 18.0 Å². The van der Waals surface area contributed by atoms with Gasteiger partial charge in [0.2, 0.25) is 17.6 Å². The first kappa shape index (κ1) is 38.8. The number of piperazine rings is 1. The van der Waals surface area contributed by atoms with Gasteiger partial charge in [0.15, 0.2) is 18.1 Å². The number of Topliss-reactive ketones (excluding diaryl/α,β-unsaturated/α-hetero) is 1. The zero-order chi connectivity index (χ0) is 37.2. The summed E-state index contributed by atoms with van der Waals surface area (Å²) in [7, 11) is 5.29. The number of hydrogen-bond donors (Lipinski definition) is 4. The fraction of sp³-hybridized carbons (Fsp3) is 0.629. The number of halogens is 3. The van der Waals surface area contributed by atoms with Gasteiger partial charge in [-0.25, -0.2) is 4.79 Å². The van der Waals surface area contributed by atoms with Crippen LogP contribution in [0.15, 0.2) is 36.9 Å².